The second-order valence-corrected chi connectivity index (χ2v) is 10.6. The van der Waals surface area contributed by atoms with Gasteiger partial charge in [-0.05, 0) is 30.7 Å². The van der Waals surface area contributed by atoms with E-state index < -0.39 is 31.0 Å². The fraction of sp³-hybridized carbons (Fsp3) is 0.353. The highest BCUT2D eigenvalue weighted by Gasteiger charge is 2.45. The van der Waals surface area contributed by atoms with E-state index in [1.165, 1.54) is 12.1 Å². The minimum atomic E-state index is -3.74. The second kappa shape index (κ2) is 6.86. The zero-order valence-corrected chi connectivity index (χ0v) is 15.4. The molecule has 0 aliphatic carbocycles. The third-order valence-corrected chi connectivity index (χ3v) is 8.51. The quantitative estimate of drug-likeness (QED) is 0.835. The largest absolute Gasteiger partial charge is 0.308 e. The Morgan fingerprint density at radius 1 is 1.16 bits per heavy atom. The first kappa shape index (κ1) is 18.0. The van der Waals surface area contributed by atoms with E-state index in [9.17, 15) is 16.8 Å². The summed E-state index contributed by atoms with van der Waals surface area (Å²) in [6.45, 7) is 2.24. The van der Waals surface area contributed by atoms with Crippen LogP contribution in [-0.4, -0.2) is 44.6 Å². The number of benzene rings is 1. The molecule has 2 aromatic rings. The van der Waals surface area contributed by atoms with Crippen LogP contribution in [0.25, 0.3) is 0 Å². The topological polar surface area (TPSA) is 93.2 Å². The van der Waals surface area contributed by atoms with E-state index in [0.717, 1.165) is 11.1 Å². The van der Waals surface area contributed by atoms with Gasteiger partial charge in [0.1, 0.15) is 0 Å². The van der Waals surface area contributed by atoms with E-state index in [2.05, 4.69) is 10.3 Å². The van der Waals surface area contributed by atoms with Crippen LogP contribution in [0, 0.1) is 6.92 Å². The summed E-state index contributed by atoms with van der Waals surface area (Å²) in [4.78, 5) is 4.17. The molecule has 0 spiro atoms. The minimum Gasteiger partial charge on any atom is -0.308 e. The van der Waals surface area contributed by atoms with Gasteiger partial charge in [-0.2, -0.15) is 0 Å². The van der Waals surface area contributed by atoms with Crippen LogP contribution < -0.4 is 5.32 Å². The summed E-state index contributed by atoms with van der Waals surface area (Å²) >= 11 is 0. The summed E-state index contributed by atoms with van der Waals surface area (Å²) in [5.74, 6) is -0.531. The Labute approximate surface area is 148 Å². The fourth-order valence-electron chi connectivity index (χ4n) is 2.97. The Bertz CT molecular complexity index is 940. The average Bonchev–Trinajstić information content (AvgIpc) is 2.90. The third kappa shape index (κ3) is 4.08. The molecule has 1 aliphatic heterocycles. The number of nitrogens with one attached hydrogen (secondary N) is 1. The van der Waals surface area contributed by atoms with Gasteiger partial charge < -0.3 is 5.32 Å². The lowest BCUT2D eigenvalue weighted by Crippen LogP contribution is -2.43. The first-order valence-electron chi connectivity index (χ1n) is 7.91. The molecular formula is C17H20N2O4S2. The maximum atomic E-state index is 12.9. The highest BCUT2D eigenvalue weighted by Crippen LogP contribution is 2.26. The lowest BCUT2D eigenvalue weighted by atomic mass is 10.2. The van der Waals surface area contributed by atoms with E-state index in [1.807, 2.05) is 13.0 Å². The van der Waals surface area contributed by atoms with Gasteiger partial charge in [0.2, 0.25) is 0 Å². The maximum absolute atomic E-state index is 12.9. The fourth-order valence-corrected chi connectivity index (χ4v) is 7.68. The van der Waals surface area contributed by atoms with Crippen molar-refractivity contribution in [2.75, 3.05) is 11.5 Å². The van der Waals surface area contributed by atoms with E-state index in [0.29, 0.717) is 6.54 Å². The zero-order chi connectivity index (χ0) is 18.1. The molecule has 1 aromatic heterocycles. The van der Waals surface area contributed by atoms with Crippen LogP contribution in [0.1, 0.15) is 11.1 Å². The molecule has 1 aliphatic rings. The summed E-state index contributed by atoms with van der Waals surface area (Å²) in [6, 6.07) is 9.50. The predicted octanol–water partition coefficient (Wildman–Crippen LogP) is 1.12. The molecule has 0 radical (unpaired) electrons. The zero-order valence-electron chi connectivity index (χ0n) is 13.8. The van der Waals surface area contributed by atoms with E-state index >= 15 is 0 Å². The Kier molecular flexibility index (Phi) is 4.95. The van der Waals surface area contributed by atoms with Crippen LogP contribution in [0.15, 0.2) is 53.7 Å². The molecule has 25 heavy (non-hydrogen) atoms. The number of sulfone groups is 2. The summed E-state index contributed by atoms with van der Waals surface area (Å²) in [7, 11) is -7.14. The molecule has 6 nitrogen and oxygen atoms in total. The minimum absolute atomic E-state index is 0.161. The Hall–Kier alpha value is -1.77. The molecule has 3 rings (SSSR count). The lowest BCUT2D eigenvalue weighted by Gasteiger charge is -2.20. The van der Waals surface area contributed by atoms with Gasteiger partial charge in [0.15, 0.2) is 19.7 Å². The highest BCUT2D eigenvalue weighted by atomic mass is 32.2. The van der Waals surface area contributed by atoms with E-state index in [4.69, 9.17) is 0 Å². The van der Waals surface area contributed by atoms with Crippen LogP contribution in [0.2, 0.25) is 0 Å². The van der Waals surface area contributed by atoms with Gasteiger partial charge in [0.05, 0.1) is 21.7 Å². The summed E-state index contributed by atoms with van der Waals surface area (Å²) in [5.41, 5.74) is 1.82. The van der Waals surface area contributed by atoms with Crippen molar-refractivity contribution < 1.29 is 16.8 Å². The van der Waals surface area contributed by atoms with Crippen molar-refractivity contribution in [1.82, 2.24) is 10.3 Å². The molecule has 0 amide bonds. The Balaban J connectivity index is 1.85. The second-order valence-electron chi connectivity index (χ2n) is 6.32. The van der Waals surface area contributed by atoms with E-state index in [1.54, 1.807) is 30.6 Å². The SMILES string of the molecule is Cc1ccc(S(=O)(=O)[C@@H]2CS(=O)(=O)C[C@H]2NCc2cccnc2)cc1. The average molecular weight is 380 g/mol. The lowest BCUT2D eigenvalue weighted by molar-refractivity contribution is 0.525. The number of aromatic nitrogens is 1. The van der Waals surface area contributed by atoms with Crippen LogP contribution >= 0.6 is 0 Å². The van der Waals surface area contributed by atoms with Gasteiger partial charge in [0.25, 0.3) is 0 Å². The third-order valence-electron chi connectivity index (χ3n) is 4.34. The van der Waals surface area contributed by atoms with Gasteiger partial charge in [-0.25, -0.2) is 16.8 Å². The number of rotatable bonds is 5. The number of nitrogens with zero attached hydrogens (tertiary/aromatic N) is 1. The Morgan fingerprint density at radius 2 is 1.88 bits per heavy atom. The van der Waals surface area contributed by atoms with Gasteiger partial charge in [0, 0.05) is 25.0 Å². The van der Waals surface area contributed by atoms with Crippen LogP contribution in [0.4, 0.5) is 0 Å². The Morgan fingerprint density at radius 3 is 2.52 bits per heavy atom. The summed E-state index contributed by atoms with van der Waals surface area (Å²) in [5, 5.41) is 2.10. The molecule has 1 fully saturated rings. The maximum Gasteiger partial charge on any atom is 0.183 e. The van der Waals surface area contributed by atoms with Crippen LogP contribution in [-0.2, 0) is 26.2 Å². The standard InChI is InChI=1S/C17H20N2O4S2/c1-13-4-6-15(7-5-13)25(22,23)17-12-24(20,21)11-16(17)19-10-14-3-2-8-18-9-14/h2-9,16-17,19H,10-12H2,1H3/t16-,17-/m1/s1. The molecule has 0 unspecified atom stereocenters. The number of hydrogen-bond donors (Lipinski definition) is 1. The summed E-state index contributed by atoms with van der Waals surface area (Å²) < 4.78 is 50.0. The smallest absolute Gasteiger partial charge is 0.183 e. The van der Waals surface area contributed by atoms with Gasteiger partial charge in [-0.15, -0.1) is 0 Å². The predicted molar refractivity (Wildman–Crippen MR) is 95.7 cm³/mol. The van der Waals surface area contributed by atoms with Crippen molar-refractivity contribution in [3.63, 3.8) is 0 Å². The molecule has 0 bridgehead atoms. The van der Waals surface area contributed by atoms with Crippen LogP contribution in [0.5, 0.6) is 0 Å². The van der Waals surface area contributed by atoms with E-state index in [-0.39, 0.29) is 16.4 Å². The highest BCUT2D eigenvalue weighted by molar-refractivity contribution is 7.96. The molecule has 2 heterocycles. The van der Waals surface area contributed by atoms with Crippen molar-refractivity contribution in [1.29, 1.82) is 0 Å². The van der Waals surface area contributed by atoms with Crippen LogP contribution in [0.3, 0.4) is 0 Å². The normalized spacial score (nSPS) is 22.8. The van der Waals surface area contributed by atoms with Gasteiger partial charge >= 0.3 is 0 Å². The molecule has 1 N–H and O–H groups in total. The molecule has 8 heteroatoms. The molecule has 2 atom stereocenters. The first-order chi connectivity index (χ1) is 11.8. The summed E-state index contributed by atoms with van der Waals surface area (Å²) in [6.07, 6.45) is 3.31. The molecule has 1 saturated heterocycles. The number of hydrogen-bond acceptors (Lipinski definition) is 6. The molecule has 1 aromatic carbocycles. The van der Waals surface area contributed by atoms with Crippen molar-refractivity contribution in [2.45, 2.75) is 29.7 Å². The van der Waals surface area contributed by atoms with Gasteiger partial charge in [-0.3, -0.25) is 4.98 Å². The van der Waals surface area contributed by atoms with Crippen molar-refractivity contribution in [2.24, 2.45) is 0 Å². The van der Waals surface area contributed by atoms with Crippen molar-refractivity contribution in [3.05, 3.63) is 59.9 Å². The number of aryl methyl sites for hydroxylation is 1. The molecular weight excluding hydrogens is 360 g/mol. The van der Waals surface area contributed by atoms with Crippen molar-refractivity contribution >= 4 is 19.7 Å². The molecule has 0 saturated carbocycles. The number of pyridine rings is 1. The molecule has 134 valence electrons. The van der Waals surface area contributed by atoms with Gasteiger partial charge in [-0.1, -0.05) is 23.8 Å². The first-order valence-corrected chi connectivity index (χ1v) is 11.3. The van der Waals surface area contributed by atoms with Crippen molar-refractivity contribution in [3.8, 4) is 0 Å². The monoisotopic (exact) mass is 380 g/mol.